The maximum atomic E-state index is 13.0. The number of hydrogen-bond donors (Lipinski definition) is 9. The number of amides is 5. The van der Waals surface area contributed by atoms with E-state index in [4.69, 9.17) is 21.1 Å². The van der Waals surface area contributed by atoms with Gasteiger partial charge in [-0.15, -0.1) is 0 Å². The third kappa shape index (κ3) is 11.0. The minimum absolute atomic E-state index is 0.103. The van der Waals surface area contributed by atoms with Crippen molar-refractivity contribution in [3.05, 3.63) is 0 Å². The highest BCUT2D eigenvalue weighted by molar-refractivity contribution is 5.96. The molecule has 0 aromatic heterocycles. The summed E-state index contributed by atoms with van der Waals surface area (Å²) in [4.78, 5) is 97.1. The third-order valence-electron chi connectivity index (χ3n) is 6.13. The molecule has 5 amide bonds. The predicted molar refractivity (Wildman–Crippen MR) is 136 cm³/mol. The van der Waals surface area contributed by atoms with E-state index < -0.39 is 110 Å². The molecule has 0 aliphatic carbocycles. The van der Waals surface area contributed by atoms with Gasteiger partial charge in [-0.1, -0.05) is 0 Å². The fourth-order valence-corrected chi connectivity index (χ4v) is 3.83. The molecule has 0 spiro atoms. The first-order valence-corrected chi connectivity index (χ1v) is 12.6. The first kappa shape index (κ1) is 34.7. The summed E-state index contributed by atoms with van der Waals surface area (Å²) in [7, 11) is 0. The van der Waals surface area contributed by atoms with E-state index in [0.29, 0.717) is 6.42 Å². The fraction of sp³-hybridized carbons (Fsp3) is 0.652. The number of nitrogens with two attached hydrogens (primary N) is 1. The van der Waals surface area contributed by atoms with Crippen LogP contribution in [0.4, 0.5) is 0 Å². The standard InChI is InChI=1S/C23H36N6O12/c1-10(25-20(37)13(5-6-16(31)32)27-19(36)12(24)8-17(33)34)18(35)28-14(9-30)22(39)29-7-3-4-15(29)21(38)26-11(2)23(40)41/h10-15,30H,3-9,24H2,1-2H3,(H,25,37)(H,26,38)(H,27,36)(H,28,35)(H,31,32)(H,33,34)(H,40,41)/t10-,11-,12-,13-,14-,15-/m0/s1. The van der Waals surface area contributed by atoms with Gasteiger partial charge in [-0.2, -0.15) is 0 Å². The lowest BCUT2D eigenvalue weighted by Crippen LogP contribution is -2.59. The van der Waals surface area contributed by atoms with Crippen LogP contribution < -0.4 is 27.0 Å². The van der Waals surface area contributed by atoms with Crippen molar-refractivity contribution in [2.75, 3.05) is 13.2 Å². The largest absolute Gasteiger partial charge is 0.481 e. The van der Waals surface area contributed by atoms with Gasteiger partial charge < -0.3 is 52.3 Å². The molecule has 41 heavy (non-hydrogen) atoms. The number of carbonyl (C=O) groups is 8. The van der Waals surface area contributed by atoms with E-state index in [0.717, 1.165) is 4.90 Å². The van der Waals surface area contributed by atoms with E-state index in [1.54, 1.807) is 0 Å². The summed E-state index contributed by atoms with van der Waals surface area (Å²) in [5.74, 6) is -8.48. The van der Waals surface area contributed by atoms with Crippen LogP contribution in [0.2, 0.25) is 0 Å². The lowest BCUT2D eigenvalue weighted by atomic mass is 10.1. The summed E-state index contributed by atoms with van der Waals surface area (Å²) in [6, 6.07) is -8.16. The van der Waals surface area contributed by atoms with Crippen LogP contribution in [-0.4, -0.2) is 122 Å². The molecule has 1 heterocycles. The number of carbonyl (C=O) groups excluding carboxylic acids is 5. The maximum absolute atomic E-state index is 13.0. The summed E-state index contributed by atoms with van der Waals surface area (Å²) in [6.07, 6.45) is -1.11. The van der Waals surface area contributed by atoms with Crippen molar-refractivity contribution in [2.45, 2.75) is 82.2 Å². The number of nitrogens with zero attached hydrogens (tertiary/aromatic N) is 1. The predicted octanol–water partition coefficient (Wildman–Crippen LogP) is -4.30. The molecule has 1 aliphatic heterocycles. The van der Waals surface area contributed by atoms with Gasteiger partial charge in [0, 0.05) is 13.0 Å². The van der Waals surface area contributed by atoms with Crippen molar-refractivity contribution >= 4 is 47.4 Å². The van der Waals surface area contributed by atoms with E-state index in [2.05, 4.69) is 21.3 Å². The maximum Gasteiger partial charge on any atom is 0.325 e. The summed E-state index contributed by atoms with van der Waals surface area (Å²) in [6.45, 7) is 1.68. The lowest BCUT2D eigenvalue weighted by Gasteiger charge is -2.29. The molecule has 1 aliphatic rings. The van der Waals surface area contributed by atoms with Crippen LogP contribution in [0.15, 0.2) is 0 Å². The van der Waals surface area contributed by atoms with Crippen molar-refractivity contribution in [1.29, 1.82) is 0 Å². The number of nitrogens with one attached hydrogen (secondary N) is 4. The zero-order valence-corrected chi connectivity index (χ0v) is 22.5. The van der Waals surface area contributed by atoms with Gasteiger partial charge in [0.2, 0.25) is 29.5 Å². The summed E-state index contributed by atoms with van der Waals surface area (Å²) >= 11 is 0. The summed E-state index contributed by atoms with van der Waals surface area (Å²) < 4.78 is 0. The van der Waals surface area contributed by atoms with Crippen LogP contribution in [-0.2, 0) is 38.4 Å². The van der Waals surface area contributed by atoms with E-state index >= 15 is 0 Å². The van der Waals surface area contributed by atoms with Crippen molar-refractivity contribution < 1.29 is 58.8 Å². The molecule has 0 aromatic rings. The minimum Gasteiger partial charge on any atom is -0.481 e. The van der Waals surface area contributed by atoms with Crippen molar-refractivity contribution in [1.82, 2.24) is 26.2 Å². The number of hydrogen-bond acceptors (Lipinski definition) is 10. The van der Waals surface area contributed by atoms with Gasteiger partial charge in [-0.05, 0) is 33.1 Å². The van der Waals surface area contributed by atoms with E-state index in [1.807, 2.05) is 0 Å². The molecule has 1 saturated heterocycles. The van der Waals surface area contributed by atoms with E-state index in [1.165, 1.54) is 13.8 Å². The van der Waals surface area contributed by atoms with Gasteiger partial charge >= 0.3 is 17.9 Å². The van der Waals surface area contributed by atoms with E-state index in [-0.39, 0.29) is 13.0 Å². The molecular weight excluding hydrogens is 552 g/mol. The molecule has 6 atom stereocenters. The minimum atomic E-state index is -1.53. The molecule has 0 radical (unpaired) electrons. The van der Waals surface area contributed by atoms with Crippen molar-refractivity contribution in [3.63, 3.8) is 0 Å². The number of rotatable bonds is 16. The summed E-state index contributed by atoms with van der Waals surface area (Å²) in [5, 5.41) is 45.4. The normalized spacial score (nSPS) is 18.1. The van der Waals surface area contributed by atoms with Gasteiger partial charge in [0.1, 0.15) is 30.2 Å². The third-order valence-corrected chi connectivity index (χ3v) is 6.13. The first-order valence-electron chi connectivity index (χ1n) is 12.6. The Morgan fingerprint density at radius 1 is 0.829 bits per heavy atom. The summed E-state index contributed by atoms with van der Waals surface area (Å²) in [5.41, 5.74) is 5.47. The number of aliphatic carboxylic acids is 3. The van der Waals surface area contributed by atoms with Crippen LogP contribution in [0.3, 0.4) is 0 Å². The second-order valence-corrected chi connectivity index (χ2v) is 9.43. The molecule has 18 heteroatoms. The monoisotopic (exact) mass is 588 g/mol. The smallest absolute Gasteiger partial charge is 0.325 e. The lowest BCUT2D eigenvalue weighted by molar-refractivity contribution is -0.145. The fourth-order valence-electron chi connectivity index (χ4n) is 3.83. The molecular formula is C23H36N6O12. The Morgan fingerprint density at radius 3 is 1.98 bits per heavy atom. The van der Waals surface area contributed by atoms with Gasteiger partial charge in [0.05, 0.1) is 19.1 Å². The Labute approximate surface area is 234 Å². The molecule has 0 saturated carbocycles. The topological polar surface area (TPSA) is 295 Å². The molecule has 230 valence electrons. The van der Waals surface area contributed by atoms with Gasteiger partial charge in [0.15, 0.2) is 0 Å². The van der Waals surface area contributed by atoms with Gasteiger partial charge in [-0.3, -0.25) is 38.4 Å². The van der Waals surface area contributed by atoms with Crippen LogP contribution in [0, 0.1) is 0 Å². The number of carboxylic acids is 3. The Kier molecular flexibility index (Phi) is 13.6. The zero-order chi connectivity index (χ0) is 31.4. The Balaban J connectivity index is 2.87. The highest BCUT2D eigenvalue weighted by Gasteiger charge is 2.38. The molecule has 0 aromatic carbocycles. The van der Waals surface area contributed by atoms with Crippen molar-refractivity contribution in [2.24, 2.45) is 5.73 Å². The molecule has 1 rings (SSSR count). The van der Waals surface area contributed by atoms with Gasteiger partial charge in [-0.25, -0.2) is 0 Å². The average Bonchev–Trinajstić information content (AvgIpc) is 3.38. The number of aliphatic hydroxyl groups excluding tert-OH is 1. The number of likely N-dealkylation sites (tertiary alicyclic amines) is 1. The molecule has 10 N–H and O–H groups in total. The van der Waals surface area contributed by atoms with Crippen LogP contribution >= 0.6 is 0 Å². The molecule has 1 fully saturated rings. The average molecular weight is 589 g/mol. The van der Waals surface area contributed by atoms with Crippen molar-refractivity contribution in [3.8, 4) is 0 Å². The molecule has 0 bridgehead atoms. The van der Waals surface area contributed by atoms with E-state index in [9.17, 15) is 43.5 Å². The van der Waals surface area contributed by atoms with Crippen LogP contribution in [0.1, 0.15) is 46.0 Å². The number of aliphatic hydroxyl groups is 1. The SMILES string of the molecule is C[C@H](NC(=O)[C@@H]1CCCN1C(=O)[C@H](CO)NC(=O)[C@H](C)NC(=O)[C@H](CCC(=O)O)NC(=O)[C@@H](N)CC(=O)O)C(=O)O. The highest BCUT2D eigenvalue weighted by Crippen LogP contribution is 2.19. The Hall–Kier alpha value is -4.32. The van der Waals surface area contributed by atoms with Gasteiger partial charge in [0.25, 0.3) is 0 Å². The second kappa shape index (κ2) is 16.1. The zero-order valence-electron chi connectivity index (χ0n) is 22.5. The second-order valence-electron chi connectivity index (χ2n) is 9.43. The molecule has 18 nitrogen and oxygen atoms in total. The highest BCUT2D eigenvalue weighted by atomic mass is 16.4. The number of carboxylic acid groups (broad SMARTS) is 3. The first-order chi connectivity index (χ1) is 19.1. The Morgan fingerprint density at radius 2 is 1.44 bits per heavy atom. The van der Waals surface area contributed by atoms with Crippen LogP contribution in [0.5, 0.6) is 0 Å². The molecule has 0 unspecified atom stereocenters. The Bertz CT molecular complexity index is 1040. The van der Waals surface area contributed by atoms with Crippen LogP contribution in [0.25, 0.3) is 0 Å². The quantitative estimate of drug-likeness (QED) is 0.0825.